The van der Waals surface area contributed by atoms with Crippen molar-refractivity contribution >= 4 is 11.7 Å². The van der Waals surface area contributed by atoms with E-state index in [0.717, 1.165) is 6.42 Å². The molecule has 0 saturated carbocycles. The maximum absolute atomic E-state index is 12.4. The molecule has 0 bridgehead atoms. The predicted octanol–water partition coefficient (Wildman–Crippen LogP) is 1.35. The van der Waals surface area contributed by atoms with Crippen molar-refractivity contribution in [2.24, 2.45) is 10.9 Å². The van der Waals surface area contributed by atoms with Crippen molar-refractivity contribution in [3.8, 4) is 11.5 Å². The molecule has 0 spiro atoms. The molecule has 0 saturated heterocycles. The van der Waals surface area contributed by atoms with Crippen LogP contribution in [0.1, 0.15) is 30.1 Å². The first-order chi connectivity index (χ1) is 10.1. The van der Waals surface area contributed by atoms with E-state index < -0.39 is 6.04 Å². The first-order valence-corrected chi connectivity index (χ1v) is 6.57. The minimum Gasteiger partial charge on any atom is -0.497 e. The SMILES string of the molecule is CCCC(NC(=O)c1cc(OC)ccc1OC)C(N)=NO. The number of rotatable bonds is 7. The van der Waals surface area contributed by atoms with Crippen molar-refractivity contribution < 1.29 is 19.5 Å². The molecule has 1 amide bonds. The van der Waals surface area contributed by atoms with Gasteiger partial charge in [-0.1, -0.05) is 18.5 Å². The normalized spacial score (nSPS) is 12.6. The summed E-state index contributed by atoms with van der Waals surface area (Å²) < 4.78 is 10.3. The Morgan fingerprint density at radius 2 is 2.14 bits per heavy atom. The Morgan fingerprint density at radius 3 is 2.67 bits per heavy atom. The Hall–Kier alpha value is -2.44. The molecule has 7 nitrogen and oxygen atoms in total. The van der Waals surface area contributed by atoms with E-state index in [2.05, 4.69) is 10.5 Å². The molecule has 21 heavy (non-hydrogen) atoms. The molecule has 1 unspecified atom stereocenters. The van der Waals surface area contributed by atoms with Crippen molar-refractivity contribution in [2.45, 2.75) is 25.8 Å². The van der Waals surface area contributed by atoms with Gasteiger partial charge in [-0.15, -0.1) is 0 Å². The molecule has 116 valence electrons. The van der Waals surface area contributed by atoms with Gasteiger partial charge in [-0.25, -0.2) is 0 Å². The number of nitrogens with two attached hydrogens (primary N) is 1. The Bertz CT molecular complexity index is 517. The van der Waals surface area contributed by atoms with Gasteiger partial charge in [-0.3, -0.25) is 4.79 Å². The van der Waals surface area contributed by atoms with Gasteiger partial charge >= 0.3 is 0 Å². The maximum atomic E-state index is 12.4. The van der Waals surface area contributed by atoms with Crippen LogP contribution in [0.5, 0.6) is 11.5 Å². The minimum atomic E-state index is -0.539. The van der Waals surface area contributed by atoms with E-state index >= 15 is 0 Å². The highest BCUT2D eigenvalue weighted by Crippen LogP contribution is 2.24. The fraction of sp³-hybridized carbons (Fsp3) is 0.429. The van der Waals surface area contributed by atoms with Gasteiger partial charge in [0, 0.05) is 0 Å². The minimum absolute atomic E-state index is 0.0351. The molecule has 0 fully saturated rings. The molecule has 0 aliphatic rings. The molecule has 0 heterocycles. The summed E-state index contributed by atoms with van der Waals surface area (Å²) in [7, 11) is 2.99. The van der Waals surface area contributed by atoms with Crippen LogP contribution in [0, 0.1) is 0 Å². The smallest absolute Gasteiger partial charge is 0.255 e. The van der Waals surface area contributed by atoms with Crippen molar-refractivity contribution in [1.29, 1.82) is 0 Å². The zero-order chi connectivity index (χ0) is 15.8. The van der Waals surface area contributed by atoms with Crippen LogP contribution >= 0.6 is 0 Å². The number of ether oxygens (including phenoxy) is 2. The van der Waals surface area contributed by atoms with Crippen LogP contribution in [-0.4, -0.2) is 37.2 Å². The van der Waals surface area contributed by atoms with E-state index in [1.165, 1.54) is 14.2 Å². The van der Waals surface area contributed by atoms with Crippen LogP contribution in [-0.2, 0) is 0 Å². The third-order valence-electron chi connectivity index (χ3n) is 3.01. The van der Waals surface area contributed by atoms with Crippen molar-refractivity contribution in [1.82, 2.24) is 5.32 Å². The molecule has 4 N–H and O–H groups in total. The summed E-state index contributed by atoms with van der Waals surface area (Å²) in [6.45, 7) is 1.94. The second-order valence-corrected chi connectivity index (χ2v) is 4.41. The standard InChI is InChI=1S/C14H21N3O4/c1-4-5-11(13(15)17-19)16-14(18)10-8-9(20-2)6-7-12(10)21-3/h6-8,11,19H,4-5H2,1-3H3,(H2,15,17)(H,16,18). The van der Waals surface area contributed by atoms with Crippen LogP contribution in [0.2, 0.25) is 0 Å². The third-order valence-corrected chi connectivity index (χ3v) is 3.01. The van der Waals surface area contributed by atoms with Gasteiger partial charge in [0.1, 0.15) is 11.5 Å². The average molecular weight is 295 g/mol. The number of benzene rings is 1. The van der Waals surface area contributed by atoms with Gasteiger partial charge in [-0.05, 0) is 24.6 Å². The van der Waals surface area contributed by atoms with Gasteiger partial charge in [0.25, 0.3) is 5.91 Å². The predicted molar refractivity (Wildman–Crippen MR) is 79.1 cm³/mol. The number of nitrogens with one attached hydrogen (secondary N) is 1. The van der Waals surface area contributed by atoms with E-state index in [9.17, 15) is 4.79 Å². The number of carbonyl (C=O) groups is 1. The molecule has 1 aromatic rings. The van der Waals surface area contributed by atoms with Gasteiger partial charge in [0.2, 0.25) is 0 Å². The van der Waals surface area contributed by atoms with E-state index in [0.29, 0.717) is 23.5 Å². The zero-order valence-electron chi connectivity index (χ0n) is 12.4. The lowest BCUT2D eigenvalue weighted by atomic mass is 10.1. The second-order valence-electron chi connectivity index (χ2n) is 4.41. The third kappa shape index (κ3) is 4.27. The van der Waals surface area contributed by atoms with Gasteiger partial charge in [0.15, 0.2) is 5.84 Å². The first kappa shape index (κ1) is 16.6. The number of nitrogens with zero attached hydrogens (tertiary/aromatic N) is 1. The molecule has 0 radical (unpaired) electrons. The summed E-state index contributed by atoms with van der Waals surface area (Å²) in [5.41, 5.74) is 5.91. The molecular weight excluding hydrogens is 274 g/mol. The largest absolute Gasteiger partial charge is 0.497 e. The lowest BCUT2D eigenvalue weighted by Gasteiger charge is -2.18. The monoisotopic (exact) mass is 295 g/mol. The molecule has 7 heteroatoms. The van der Waals surface area contributed by atoms with Crippen molar-refractivity contribution in [3.63, 3.8) is 0 Å². The molecule has 0 aliphatic heterocycles. The summed E-state index contributed by atoms with van der Waals surface area (Å²) >= 11 is 0. The quantitative estimate of drug-likeness (QED) is 0.305. The summed E-state index contributed by atoms with van der Waals surface area (Å²) in [6, 6.07) is 4.38. The topological polar surface area (TPSA) is 106 Å². The van der Waals surface area contributed by atoms with Crippen LogP contribution in [0.15, 0.2) is 23.4 Å². The van der Waals surface area contributed by atoms with Gasteiger partial charge in [0.05, 0.1) is 25.8 Å². The Labute approximate surface area is 123 Å². The van der Waals surface area contributed by atoms with E-state index in [1.54, 1.807) is 18.2 Å². The van der Waals surface area contributed by atoms with E-state index in [1.807, 2.05) is 6.92 Å². The van der Waals surface area contributed by atoms with Crippen LogP contribution in [0.3, 0.4) is 0 Å². The number of hydrogen-bond acceptors (Lipinski definition) is 5. The van der Waals surface area contributed by atoms with Crippen molar-refractivity contribution in [2.75, 3.05) is 14.2 Å². The number of carbonyl (C=O) groups excluding carboxylic acids is 1. The highest BCUT2D eigenvalue weighted by Gasteiger charge is 2.20. The maximum Gasteiger partial charge on any atom is 0.255 e. The molecular formula is C14H21N3O4. The van der Waals surface area contributed by atoms with E-state index in [4.69, 9.17) is 20.4 Å². The number of hydrogen-bond donors (Lipinski definition) is 3. The average Bonchev–Trinajstić information content (AvgIpc) is 2.52. The summed E-state index contributed by atoms with van der Waals surface area (Å²) in [5.74, 6) is 0.544. The molecule has 1 atom stereocenters. The molecule has 1 aromatic carbocycles. The van der Waals surface area contributed by atoms with Crippen molar-refractivity contribution in [3.05, 3.63) is 23.8 Å². The summed E-state index contributed by atoms with van der Waals surface area (Å²) in [5, 5.41) is 14.4. The lowest BCUT2D eigenvalue weighted by Crippen LogP contribution is -2.44. The first-order valence-electron chi connectivity index (χ1n) is 6.57. The second kappa shape index (κ2) is 7.98. The lowest BCUT2D eigenvalue weighted by molar-refractivity contribution is 0.0941. The summed E-state index contributed by atoms with van der Waals surface area (Å²) in [4.78, 5) is 12.4. The van der Waals surface area contributed by atoms with Crippen LogP contribution in [0.25, 0.3) is 0 Å². The highest BCUT2D eigenvalue weighted by molar-refractivity contribution is 6.00. The van der Waals surface area contributed by atoms with E-state index in [-0.39, 0.29) is 11.7 Å². The Morgan fingerprint density at radius 1 is 1.43 bits per heavy atom. The number of methoxy groups -OCH3 is 2. The molecule has 1 rings (SSSR count). The zero-order valence-corrected chi connectivity index (χ0v) is 12.4. The van der Waals surface area contributed by atoms with Gasteiger partial charge < -0.3 is 25.7 Å². The molecule has 0 aromatic heterocycles. The number of oxime groups is 1. The highest BCUT2D eigenvalue weighted by atomic mass is 16.5. The Balaban J connectivity index is 3.01. The number of amidine groups is 1. The van der Waals surface area contributed by atoms with Crippen LogP contribution < -0.4 is 20.5 Å². The number of amides is 1. The van der Waals surface area contributed by atoms with Gasteiger partial charge in [-0.2, -0.15) is 0 Å². The molecule has 0 aliphatic carbocycles. The van der Waals surface area contributed by atoms with Crippen LogP contribution in [0.4, 0.5) is 0 Å². The summed E-state index contributed by atoms with van der Waals surface area (Å²) in [6.07, 6.45) is 1.34. The fourth-order valence-electron chi connectivity index (χ4n) is 1.88. The fourth-order valence-corrected chi connectivity index (χ4v) is 1.88. The Kier molecular flexibility index (Phi) is 6.32.